The van der Waals surface area contributed by atoms with Crippen molar-refractivity contribution in [2.75, 3.05) is 20.1 Å². The predicted molar refractivity (Wildman–Crippen MR) is 68.3 cm³/mol. The van der Waals surface area contributed by atoms with Crippen molar-refractivity contribution >= 4 is 11.9 Å². The molecule has 3 N–H and O–H groups in total. The number of hydrogen-bond acceptors (Lipinski definition) is 2. The molecule has 0 aromatic carbocycles. The molecule has 1 saturated carbocycles. The van der Waals surface area contributed by atoms with Gasteiger partial charge in [0, 0.05) is 13.0 Å². The molecule has 18 heavy (non-hydrogen) atoms. The minimum atomic E-state index is -0.406. The van der Waals surface area contributed by atoms with E-state index in [0.29, 0.717) is 12.6 Å². The van der Waals surface area contributed by atoms with Gasteiger partial charge in [-0.05, 0) is 32.1 Å². The van der Waals surface area contributed by atoms with Gasteiger partial charge in [0.1, 0.15) is 0 Å². The third-order valence-electron chi connectivity index (χ3n) is 4.37. The van der Waals surface area contributed by atoms with E-state index < -0.39 is 6.03 Å². The summed E-state index contributed by atoms with van der Waals surface area (Å²) in [7, 11) is 1.52. The normalized spacial score (nSPS) is 31.3. The monoisotopic (exact) mass is 254 g/mol. The van der Waals surface area contributed by atoms with Gasteiger partial charge in [0.15, 0.2) is 6.54 Å². The summed E-state index contributed by atoms with van der Waals surface area (Å²) in [4.78, 5) is 24.2. The van der Waals surface area contributed by atoms with Gasteiger partial charge in [-0.3, -0.25) is 10.1 Å². The molecule has 0 aromatic rings. The van der Waals surface area contributed by atoms with Crippen molar-refractivity contribution in [2.24, 2.45) is 5.92 Å². The molecular weight excluding hydrogens is 230 g/mol. The van der Waals surface area contributed by atoms with Crippen LogP contribution in [0.25, 0.3) is 0 Å². The van der Waals surface area contributed by atoms with Crippen LogP contribution in [0.4, 0.5) is 4.79 Å². The van der Waals surface area contributed by atoms with Crippen LogP contribution >= 0.6 is 0 Å². The molecule has 2 aliphatic rings. The lowest BCUT2D eigenvalue weighted by atomic mass is 9.78. The maximum Gasteiger partial charge on any atom is 0.321 e. The van der Waals surface area contributed by atoms with Gasteiger partial charge in [0.05, 0.1) is 12.6 Å². The molecule has 3 atom stereocenters. The quantitative estimate of drug-likeness (QED) is 0.632. The van der Waals surface area contributed by atoms with Crippen molar-refractivity contribution < 1.29 is 14.5 Å². The number of piperidine rings is 1. The van der Waals surface area contributed by atoms with Gasteiger partial charge in [0.25, 0.3) is 5.91 Å². The van der Waals surface area contributed by atoms with Crippen LogP contribution in [0.1, 0.15) is 38.5 Å². The Balaban J connectivity index is 1.87. The second kappa shape index (κ2) is 6.18. The molecule has 0 spiro atoms. The van der Waals surface area contributed by atoms with Gasteiger partial charge in [-0.15, -0.1) is 0 Å². The second-order valence-corrected chi connectivity index (χ2v) is 5.51. The largest absolute Gasteiger partial charge is 0.341 e. The van der Waals surface area contributed by atoms with Crippen LogP contribution in [0, 0.1) is 5.92 Å². The summed E-state index contributed by atoms with van der Waals surface area (Å²) in [5.74, 6) is 0.644. The van der Waals surface area contributed by atoms with Crippen LogP contribution in [-0.4, -0.2) is 38.1 Å². The Hall–Kier alpha value is -1.10. The highest BCUT2D eigenvalue weighted by molar-refractivity contribution is 5.94. The molecule has 0 radical (unpaired) electrons. The Morgan fingerprint density at radius 1 is 1.17 bits per heavy atom. The first-order chi connectivity index (χ1) is 8.70. The van der Waals surface area contributed by atoms with Gasteiger partial charge in [0.2, 0.25) is 0 Å². The summed E-state index contributed by atoms with van der Waals surface area (Å²) < 4.78 is 0. The predicted octanol–water partition coefficient (Wildman–Crippen LogP) is -0.320. The Morgan fingerprint density at radius 2 is 1.89 bits per heavy atom. The molecule has 5 nitrogen and oxygen atoms in total. The number of imide groups is 1. The average molecular weight is 254 g/mol. The third kappa shape index (κ3) is 3.22. The number of rotatable bonds is 2. The fourth-order valence-electron chi connectivity index (χ4n) is 3.53. The van der Waals surface area contributed by atoms with E-state index in [0.717, 1.165) is 12.5 Å². The number of fused-ring (bicyclic) bond motifs is 1. The molecule has 1 heterocycles. The summed E-state index contributed by atoms with van der Waals surface area (Å²) in [5.41, 5.74) is 0. The SMILES string of the molecule is CNC(=O)NC(=O)C[NH+]1CCC[C@H]2CCCC[C@@H]21. The zero-order chi connectivity index (χ0) is 13.0. The van der Waals surface area contributed by atoms with Gasteiger partial charge in [-0.2, -0.15) is 0 Å². The number of nitrogens with one attached hydrogen (secondary N) is 3. The maximum atomic E-state index is 11.8. The topological polar surface area (TPSA) is 62.6 Å². The molecule has 3 amide bonds. The van der Waals surface area contributed by atoms with E-state index in [1.54, 1.807) is 0 Å². The summed E-state index contributed by atoms with van der Waals surface area (Å²) in [6, 6.07) is 0.236. The fourth-order valence-corrected chi connectivity index (χ4v) is 3.53. The van der Waals surface area contributed by atoms with Gasteiger partial charge < -0.3 is 10.2 Å². The number of hydrogen-bond donors (Lipinski definition) is 3. The molecular formula is C13H24N3O2+. The number of carbonyl (C=O) groups excluding carboxylic acids is 2. The first-order valence-electron chi connectivity index (χ1n) is 7.07. The zero-order valence-corrected chi connectivity index (χ0v) is 11.1. The van der Waals surface area contributed by atoms with E-state index in [2.05, 4.69) is 10.6 Å². The Morgan fingerprint density at radius 3 is 2.67 bits per heavy atom. The van der Waals surface area contributed by atoms with Crippen molar-refractivity contribution in [3.05, 3.63) is 0 Å². The molecule has 5 heteroatoms. The Kier molecular flexibility index (Phi) is 4.58. The molecule has 0 aromatic heterocycles. The average Bonchev–Trinajstić information content (AvgIpc) is 2.39. The van der Waals surface area contributed by atoms with E-state index >= 15 is 0 Å². The molecule has 1 aliphatic heterocycles. The Labute approximate surface area is 108 Å². The van der Waals surface area contributed by atoms with E-state index in [-0.39, 0.29) is 5.91 Å². The van der Waals surface area contributed by atoms with Gasteiger partial charge in [-0.1, -0.05) is 6.42 Å². The summed E-state index contributed by atoms with van der Waals surface area (Å²) >= 11 is 0. The third-order valence-corrected chi connectivity index (χ3v) is 4.37. The standard InChI is InChI=1S/C13H23N3O2/c1-14-13(18)15-12(17)9-16-8-4-6-10-5-2-3-7-11(10)16/h10-11H,2-9H2,1H3,(H2,14,15,17,18)/p+1/t10-,11+/m1/s1. The van der Waals surface area contributed by atoms with Crippen LogP contribution in [0.15, 0.2) is 0 Å². The molecule has 2 fully saturated rings. The van der Waals surface area contributed by atoms with E-state index in [9.17, 15) is 9.59 Å². The summed E-state index contributed by atoms with van der Waals surface area (Å²) in [6.07, 6.45) is 7.74. The van der Waals surface area contributed by atoms with Crippen molar-refractivity contribution in [1.29, 1.82) is 0 Å². The molecule has 1 aliphatic carbocycles. The van der Waals surface area contributed by atoms with Crippen LogP contribution in [0.5, 0.6) is 0 Å². The highest BCUT2D eigenvalue weighted by atomic mass is 16.2. The minimum Gasteiger partial charge on any atom is -0.341 e. The van der Waals surface area contributed by atoms with Crippen LogP contribution in [0.3, 0.4) is 0 Å². The highest BCUT2D eigenvalue weighted by Gasteiger charge is 2.37. The maximum absolute atomic E-state index is 11.8. The molecule has 1 unspecified atom stereocenters. The van der Waals surface area contributed by atoms with Crippen molar-refractivity contribution in [1.82, 2.24) is 10.6 Å². The minimum absolute atomic E-state index is 0.157. The van der Waals surface area contributed by atoms with Crippen LogP contribution in [-0.2, 0) is 4.79 Å². The van der Waals surface area contributed by atoms with Crippen LogP contribution < -0.4 is 15.5 Å². The van der Waals surface area contributed by atoms with Gasteiger partial charge in [-0.25, -0.2) is 4.79 Å². The molecule has 2 rings (SSSR count). The number of carbonyl (C=O) groups is 2. The number of quaternary nitrogens is 1. The van der Waals surface area contributed by atoms with Crippen molar-refractivity contribution in [2.45, 2.75) is 44.6 Å². The summed E-state index contributed by atoms with van der Waals surface area (Å²) in [5, 5.41) is 4.77. The Bertz CT molecular complexity index is 317. The number of urea groups is 1. The van der Waals surface area contributed by atoms with Gasteiger partial charge >= 0.3 is 6.03 Å². The lowest BCUT2D eigenvalue weighted by molar-refractivity contribution is -0.928. The number of likely N-dealkylation sites (tertiary alicyclic amines) is 1. The molecule has 102 valence electrons. The van der Waals surface area contributed by atoms with E-state index in [1.165, 1.54) is 50.5 Å². The van der Waals surface area contributed by atoms with E-state index in [4.69, 9.17) is 0 Å². The van der Waals surface area contributed by atoms with E-state index in [1.807, 2.05) is 0 Å². The first-order valence-corrected chi connectivity index (χ1v) is 7.07. The lowest BCUT2D eigenvalue weighted by Crippen LogP contribution is -3.18. The van der Waals surface area contributed by atoms with Crippen molar-refractivity contribution in [3.8, 4) is 0 Å². The first kappa shape index (κ1) is 13.3. The smallest absolute Gasteiger partial charge is 0.321 e. The fraction of sp³-hybridized carbons (Fsp3) is 0.846. The summed E-state index contributed by atoms with van der Waals surface area (Å²) in [6.45, 7) is 1.51. The zero-order valence-electron chi connectivity index (χ0n) is 11.1. The molecule has 0 bridgehead atoms. The lowest BCUT2D eigenvalue weighted by Gasteiger charge is -2.40. The highest BCUT2D eigenvalue weighted by Crippen LogP contribution is 2.28. The number of amides is 3. The van der Waals surface area contributed by atoms with Crippen molar-refractivity contribution in [3.63, 3.8) is 0 Å². The van der Waals surface area contributed by atoms with Crippen LogP contribution in [0.2, 0.25) is 0 Å². The molecule has 1 saturated heterocycles. The second-order valence-electron chi connectivity index (χ2n) is 5.51.